The topological polar surface area (TPSA) is 262 Å². The van der Waals surface area contributed by atoms with E-state index >= 15 is 0 Å². The van der Waals surface area contributed by atoms with Crippen molar-refractivity contribution >= 4 is 45.7 Å². The van der Waals surface area contributed by atoms with Crippen molar-refractivity contribution in [3.8, 4) is 40.0 Å². The molecule has 0 radical (unpaired) electrons. The highest BCUT2D eigenvalue weighted by molar-refractivity contribution is 6.02. The summed E-state index contributed by atoms with van der Waals surface area (Å²) in [6.07, 6.45) is 24.1. The molecule has 0 unspecified atom stereocenters. The van der Waals surface area contributed by atoms with Gasteiger partial charge in [-0.25, -0.2) is 59.3 Å². The number of carbonyl (C=O) groups is 4. The molecule has 8 aliphatic rings. The molecule has 8 aliphatic carbocycles. The van der Waals surface area contributed by atoms with Crippen LogP contribution in [0.4, 0.5) is 16.0 Å². The number of nitrogens with zero attached hydrogens (tertiary/aromatic N) is 16. The number of fused-ring (bicyclic) bond motifs is 13. The molecular formula is C88H82FN17O5. The summed E-state index contributed by atoms with van der Waals surface area (Å²) >= 11 is 0. The van der Waals surface area contributed by atoms with Crippen LogP contribution < -0.4 is 10.1 Å². The predicted octanol–water partition coefficient (Wildman–Crippen LogP) is 15.8. The van der Waals surface area contributed by atoms with E-state index in [-0.39, 0.29) is 93.3 Å². The van der Waals surface area contributed by atoms with Gasteiger partial charge >= 0.3 is 0 Å². The lowest BCUT2D eigenvalue weighted by molar-refractivity contribution is -0.122. The van der Waals surface area contributed by atoms with Gasteiger partial charge in [0.2, 0.25) is 40.6 Å². The van der Waals surface area contributed by atoms with Crippen LogP contribution in [0.2, 0.25) is 0 Å². The van der Waals surface area contributed by atoms with E-state index in [9.17, 15) is 23.6 Å². The van der Waals surface area contributed by atoms with Crippen LogP contribution in [0.5, 0.6) is 5.88 Å². The molecule has 0 bridgehead atoms. The largest absolute Gasteiger partial charge is 0.481 e. The second-order valence-corrected chi connectivity index (χ2v) is 31.0. The Morgan fingerprint density at radius 1 is 0.459 bits per heavy atom. The number of aryl methyl sites for hydroxylation is 3. The quantitative estimate of drug-likeness (QED) is 0.120. The van der Waals surface area contributed by atoms with E-state index in [0.29, 0.717) is 34.9 Å². The minimum atomic E-state index is -0.581. The monoisotopic (exact) mass is 1480 g/mol. The highest BCUT2D eigenvalue weighted by Gasteiger charge is 2.54. The Kier molecular flexibility index (Phi) is 20.0. The summed E-state index contributed by atoms with van der Waals surface area (Å²) in [6.45, 7) is 51.8. The van der Waals surface area contributed by atoms with Gasteiger partial charge in [-0.05, 0) is 155 Å². The first kappa shape index (κ1) is 75.3. The molecule has 8 aromatic heterocycles. The Balaban J connectivity index is 0.000000123. The van der Waals surface area contributed by atoms with Gasteiger partial charge in [-0.15, -0.1) is 0 Å². The van der Waals surface area contributed by atoms with E-state index in [1.807, 2.05) is 128 Å². The van der Waals surface area contributed by atoms with Gasteiger partial charge in [0.25, 0.3) is 0 Å². The fraction of sp³-hybridized carbons (Fsp3) is 0.364. The molecule has 0 amide bonds. The third kappa shape index (κ3) is 13.1. The summed E-state index contributed by atoms with van der Waals surface area (Å²) in [6, 6.07) is 20.4. The van der Waals surface area contributed by atoms with E-state index in [4.69, 9.17) is 60.9 Å². The van der Waals surface area contributed by atoms with Crippen LogP contribution in [0, 0.1) is 100 Å². The fourth-order valence-electron chi connectivity index (χ4n) is 19.0. The van der Waals surface area contributed by atoms with Crippen molar-refractivity contribution in [1.82, 2.24) is 59.8 Å². The second-order valence-electron chi connectivity index (χ2n) is 31.0. The number of benzene rings is 1. The smallest absolute Gasteiger partial charge is 0.227 e. The molecular weight excluding hydrogens is 1390 g/mol. The number of hydrogen-bond acceptors (Lipinski definition) is 18. The third-order valence-electron chi connectivity index (χ3n) is 24.8. The van der Waals surface area contributed by atoms with Gasteiger partial charge in [0.1, 0.15) is 0 Å². The predicted molar refractivity (Wildman–Crippen MR) is 416 cm³/mol. The SMILES string of the molecule is [C-]#[N+]C1=C[C@@]2(C)c3nc(-c4cccnc4)nc(C)c3CC[C@@H]2[C@@H](C)C1=O.[C-]#[N+]C1=C[C@@]2(C)c3nc(-c4ccnc(F)c4)nc(C)c3CC[C@@H]2[C@@H](C)C1=O.[C-]#[N+]C1=C[C@@]2(C)c3nc(-c4ccnc5ccccc45)nc(OC)c3CC[C@@H]2[C@@H](C)C1=O.[C-]#[N+]C1=C[C@@]2(C)c3nc(Nc4ccncc4)nc(C)c3CC[C@@H]2[C@@H](C)C1=O. The standard InChI is InChI=1S/C25H22N4O2.C21H19FN4O.C21H21N5O.C21H20N4O/c1-14-18-10-9-17-22(25(18,2)13-20(26-3)21(14)30)28-23(29-24(17)31-4)16-11-12-27-19-8-6-5-7-15(16)19;1-11-15-6-5-14-12(2)25-20(13-7-8-24-17(22)9-13)26-19(14)21(15,3)10-16(23-4)18(11)27;1-12-16-6-5-15-13(2)24-20(25-14-7-9-23-10-8-14)26-19(15)21(16,3)11-17(22-4)18(12)27;1-12-16-8-7-15-13(2)24-20(14-6-5-9-23-11-14)25-19(15)21(16,3)10-17(22-4)18(12)26/h5-8,11-14,18H,9-10H2,1-2,4H3;7-11,15H,5-6H2,1-3H3;7-12,16H,5-6H2,1-3H3,(H,23,24,25,26);5-6,9-12,16H,7-8H2,1-3H3/t14-,18-,25-;11-,15-,21-;2*12-,16-,21-/m1111/s1. The van der Waals surface area contributed by atoms with Crippen molar-refractivity contribution in [2.24, 2.45) is 47.3 Å². The number of allylic oxidation sites excluding steroid dienone is 8. The maximum atomic E-state index is 13.6. The molecule has 1 aromatic carbocycles. The molecule has 0 spiro atoms. The van der Waals surface area contributed by atoms with Crippen molar-refractivity contribution in [1.29, 1.82) is 0 Å². The number of rotatable bonds is 6. The molecule has 23 heteroatoms. The second kappa shape index (κ2) is 29.5. The molecule has 0 aliphatic heterocycles. The number of halogens is 1. The first-order chi connectivity index (χ1) is 53.2. The van der Waals surface area contributed by atoms with Gasteiger partial charge in [0.05, 0.1) is 61.7 Å². The van der Waals surface area contributed by atoms with Crippen molar-refractivity contribution in [3.05, 3.63) is 265 Å². The Morgan fingerprint density at radius 3 is 1.35 bits per heavy atom. The normalized spacial score (nSPS) is 26.2. The Labute approximate surface area is 644 Å². The van der Waals surface area contributed by atoms with Crippen LogP contribution >= 0.6 is 0 Å². The number of ketones is 4. The van der Waals surface area contributed by atoms with Gasteiger partial charge in [-0.2, -0.15) is 9.37 Å². The Bertz CT molecular complexity index is 5690. The van der Waals surface area contributed by atoms with Crippen LogP contribution in [0.3, 0.4) is 0 Å². The zero-order valence-corrected chi connectivity index (χ0v) is 64.0. The van der Waals surface area contributed by atoms with Crippen LogP contribution in [0.25, 0.3) is 64.4 Å². The molecule has 0 saturated heterocycles. The average Bonchev–Trinajstić information content (AvgIpc) is 0.741. The number of anilines is 2. The molecule has 0 fully saturated rings. The van der Waals surface area contributed by atoms with E-state index in [2.05, 4.69) is 75.4 Å². The summed E-state index contributed by atoms with van der Waals surface area (Å²) < 4.78 is 19.3. The lowest BCUT2D eigenvalue weighted by atomic mass is 9.58. The number of para-hydroxylation sites is 1. The van der Waals surface area contributed by atoms with Crippen LogP contribution in [0.15, 0.2) is 151 Å². The summed E-state index contributed by atoms with van der Waals surface area (Å²) in [7, 11) is 1.62. The highest BCUT2D eigenvalue weighted by atomic mass is 19.1. The number of hydrogen-bond donors (Lipinski definition) is 1. The number of ether oxygens (including phenoxy) is 1. The zero-order chi connectivity index (χ0) is 78.8. The van der Waals surface area contributed by atoms with Gasteiger partial charge in [-0.1, -0.05) is 97.9 Å². The zero-order valence-electron chi connectivity index (χ0n) is 64.0. The van der Waals surface area contributed by atoms with E-state index in [1.54, 1.807) is 50.2 Å². The maximum Gasteiger partial charge on any atom is 0.227 e. The van der Waals surface area contributed by atoms with E-state index in [1.165, 1.54) is 12.3 Å². The van der Waals surface area contributed by atoms with Crippen molar-refractivity contribution in [2.45, 2.75) is 149 Å². The number of aromatic nitrogens is 12. The Hall–Kier alpha value is -12.5. The maximum absolute atomic E-state index is 13.6. The van der Waals surface area contributed by atoms with Gasteiger partial charge in [0.15, 0.2) is 40.6 Å². The molecule has 1 N–H and O–H groups in total. The summed E-state index contributed by atoms with van der Waals surface area (Å²) in [5.74, 6) is 1.60. The number of carbonyl (C=O) groups excluding carboxylic acids is 4. The van der Waals surface area contributed by atoms with E-state index < -0.39 is 27.6 Å². The minimum absolute atomic E-state index is 0.0378. The molecule has 17 rings (SSSR count). The lowest BCUT2D eigenvalue weighted by Crippen LogP contribution is -2.46. The van der Waals surface area contributed by atoms with Crippen LogP contribution in [-0.4, -0.2) is 90.1 Å². The fourth-order valence-corrected chi connectivity index (χ4v) is 19.0. The molecule has 8 heterocycles. The molecule has 0 saturated carbocycles. The van der Waals surface area contributed by atoms with Crippen molar-refractivity contribution in [2.75, 3.05) is 12.4 Å². The van der Waals surface area contributed by atoms with Crippen LogP contribution in [0.1, 0.15) is 143 Å². The van der Waals surface area contributed by atoms with Crippen molar-refractivity contribution < 1.29 is 28.3 Å². The van der Waals surface area contributed by atoms with Gasteiger partial charge in [-0.3, -0.25) is 15.0 Å². The van der Waals surface area contributed by atoms with Gasteiger partial charge < -0.3 is 29.2 Å². The van der Waals surface area contributed by atoms with E-state index in [0.717, 1.165) is 141 Å². The van der Waals surface area contributed by atoms with Crippen molar-refractivity contribution in [3.63, 3.8) is 0 Å². The number of nitrogens with one attached hydrogen (secondary N) is 1. The summed E-state index contributed by atoms with van der Waals surface area (Å²) in [5, 5.41) is 4.21. The van der Waals surface area contributed by atoms with Crippen LogP contribution in [-0.2, 0) is 66.5 Å². The van der Waals surface area contributed by atoms with Gasteiger partial charge in [0, 0.05) is 139 Å². The number of methoxy groups -OCH3 is 1. The molecule has 111 heavy (non-hydrogen) atoms. The summed E-state index contributed by atoms with van der Waals surface area (Å²) in [4.78, 5) is 119. The number of pyridine rings is 4. The first-order valence-electron chi connectivity index (χ1n) is 37.4. The Morgan fingerprint density at radius 2 is 0.892 bits per heavy atom. The lowest BCUT2D eigenvalue weighted by Gasteiger charge is -2.46. The number of Topliss-reactive ketones (excluding diaryl/α,β-unsaturated/α-hetero) is 4. The molecule has 22 nitrogen and oxygen atoms in total. The molecule has 9 aromatic rings. The third-order valence-corrected chi connectivity index (χ3v) is 24.8. The molecule has 12 atom stereocenters. The minimum Gasteiger partial charge on any atom is -0.481 e. The first-order valence-corrected chi connectivity index (χ1v) is 37.4. The highest BCUT2D eigenvalue weighted by Crippen LogP contribution is 2.55. The average molecular weight is 1480 g/mol. The summed E-state index contributed by atoms with van der Waals surface area (Å²) in [5.41, 5.74) is 13.7. The molecule has 556 valence electrons.